The molecular weight excluding hydrogens is 314 g/mol. The Hall–Kier alpha value is -1.40. The van der Waals surface area contributed by atoms with Crippen molar-refractivity contribution in [3.63, 3.8) is 0 Å². The van der Waals surface area contributed by atoms with Crippen LogP contribution < -0.4 is 5.73 Å². The number of aliphatic hydroxyl groups is 5. The third-order valence-electron chi connectivity index (χ3n) is 3.78. The van der Waals surface area contributed by atoms with Gasteiger partial charge in [-0.3, -0.25) is 4.79 Å². The molecule has 1 aliphatic rings. The number of carboxylic acids is 1. The Kier molecular flexibility index (Phi) is 5.99. The molecule has 0 spiro atoms. The molecule has 1 rings (SSSR count). The predicted molar refractivity (Wildman–Crippen MR) is 73.9 cm³/mol. The van der Waals surface area contributed by atoms with Crippen molar-refractivity contribution in [2.75, 3.05) is 6.61 Å². The van der Waals surface area contributed by atoms with Gasteiger partial charge in [-0.1, -0.05) is 6.58 Å². The van der Waals surface area contributed by atoms with Gasteiger partial charge in [0.15, 0.2) is 5.78 Å². The predicted octanol–water partition coefficient (Wildman–Crippen LogP) is -3.68. The standard InChI is InChI=1S/C13H21NO9/c1-4(2)8(17)6-10(19)7(14)11(9(18)5(16)3-15)23-13(6,22)12(20)21/h5-7,9-11,15-16,18-19,22H,1,3,14H2,2H3,(H,20,21)/t5-,6?,7-,9-,10+,11-,13?/m1/s1. The van der Waals surface area contributed by atoms with Gasteiger partial charge < -0.3 is 41.1 Å². The number of nitrogens with two attached hydrogens (primary N) is 1. The summed E-state index contributed by atoms with van der Waals surface area (Å²) in [5.74, 6) is -8.12. The topological polar surface area (TPSA) is 191 Å². The minimum absolute atomic E-state index is 0.140. The highest BCUT2D eigenvalue weighted by Gasteiger charge is 2.61. The van der Waals surface area contributed by atoms with Crippen molar-refractivity contribution in [2.24, 2.45) is 11.7 Å². The number of ether oxygens (including phenoxy) is 1. The van der Waals surface area contributed by atoms with Crippen LogP contribution in [-0.2, 0) is 14.3 Å². The first-order valence-electron chi connectivity index (χ1n) is 6.73. The largest absolute Gasteiger partial charge is 0.477 e. The van der Waals surface area contributed by atoms with E-state index in [9.17, 15) is 35.1 Å². The van der Waals surface area contributed by atoms with Gasteiger partial charge in [-0.2, -0.15) is 0 Å². The lowest BCUT2D eigenvalue weighted by molar-refractivity contribution is -0.311. The van der Waals surface area contributed by atoms with Gasteiger partial charge in [-0.25, -0.2) is 4.79 Å². The van der Waals surface area contributed by atoms with Crippen LogP contribution in [0.4, 0.5) is 0 Å². The highest BCUT2D eigenvalue weighted by molar-refractivity contribution is 6.00. The molecule has 10 nitrogen and oxygen atoms in total. The quantitative estimate of drug-likeness (QED) is 0.238. The van der Waals surface area contributed by atoms with Crippen molar-refractivity contribution < 1.29 is 45.0 Å². The Morgan fingerprint density at radius 3 is 2.30 bits per heavy atom. The molecule has 132 valence electrons. The number of rotatable bonds is 6. The van der Waals surface area contributed by atoms with E-state index in [1.807, 2.05) is 0 Å². The summed E-state index contributed by atoms with van der Waals surface area (Å²) in [6.07, 6.45) is -7.32. The van der Waals surface area contributed by atoms with Crippen LogP contribution >= 0.6 is 0 Å². The summed E-state index contributed by atoms with van der Waals surface area (Å²) in [6.45, 7) is 3.68. The van der Waals surface area contributed by atoms with Crippen LogP contribution in [0, 0.1) is 5.92 Å². The number of ketones is 1. The lowest BCUT2D eigenvalue weighted by atomic mass is 9.77. The van der Waals surface area contributed by atoms with Gasteiger partial charge in [-0.05, 0) is 12.5 Å². The molecular formula is C13H21NO9. The Bertz CT molecular complexity index is 496. The Morgan fingerprint density at radius 2 is 1.91 bits per heavy atom. The number of aliphatic hydroxyl groups excluding tert-OH is 4. The molecule has 0 saturated carbocycles. The molecule has 0 radical (unpaired) electrons. The van der Waals surface area contributed by atoms with E-state index in [2.05, 4.69) is 6.58 Å². The van der Waals surface area contributed by atoms with Crippen molar-refractivity contribution in [1.82, 2.24) is 0 Å². The van der Waals surface area contributed by atoms with Crippen molar-refractivity contribution in [2.45, 2.75) is 43.2 Å². The number of hydrogen-bond donors (Lipinski definition) is 7. The van der Waals surface area contributed by atoms with Crippen LogP contribution in [0.15, 0.2) is 12.2 Å². The zero-order chi connectivity index (χ0) is 18.1. The van der Waals surface area contributed by atoms with E-state index in [-0.39, 0.29) is 5.57 Å². The molecule has 7 atom stereocenters. The first-order chi connectivity index (χ1) is 10.5. The van der Waals surface area contributed by atoms with Gasteiger partial charge in [0, 0.05) is 0 Å². The molecule has 8 N–H and O–H groups in total. The maximum absolute atomic E-state index is 12.1. The molecule has 10 heteroatoms. The fraction of sp³-hybridized carbons (Fsp3) is 0.692. The fourth-order valence-corrected chi connectivity index (χ4v) is 2.41. The molecule has 2 unspecified atom stereocenters. The minimum Gasteiger partial charge on any atom is -0.477 e. The third kappa shape index (κ3) is 3.43. The highest BCUT2D eigenvalue weighted by Crippen LogP contribution is 2.36. The summed E-state index contributed by atoms with van der Waals surface area (Å²) < 4.78 is 4.87. The monoisotopic (exact) mass is 335 g/mol. The molecule has 1 heterocycles. The lowest BCUT2D eigenvalue weighted by Gasteiger charge is -2.47. The smallest absolute Gasteiger partial charge is 0.365 e. The van der Waals surface area contributed by atoms with Crippen LogP contribution in [-0.4, -0.2) is 85.2 Å². The second-order valence-electron chi connectivity index (χ2n) is 5.51. The van der Waals surface area contributed by atoms with Gasteiger partial charge in [0.2, 0.25) is 0 Å². The average molecular weight is 335 g/mol. The van der Waals surface area contributed by atoms with Crippen LogP contribution in [0.3, 0.4) is 0 Å². The fourth-order valence-electron chi connectivity index (χ4n) is 2.41. The SMILES string of the molecule is C=C(C)C(=O)C1[C@H](O)[C@@H](N)[C@H]([C@H](O)[C@H](O)CO)OC1(O)C(=O)O. The number of carbonyl (C=O) groups is 2. The summed E-state index contributed by atoms with van der Waals surface area (Å²) in [5.41, 5.74) is 5.51. The summed E-state index contributed by atoms with van der Waals surface area (Å²) >= 11 is 0. The zero-order valence-electron chi connectivity index (χ0n) is 12.4. The average Bonchev–Trinajstić information content (AvgIpc) is 2.48. The van der Waals surface area contributed by atoms with Crippen LogP contribution in [0.5, 0.6) is 0 Å². The summed E-state index contributed by atoms with van der Waals surface area (Å²) in [7, 11) is 0. The maximum Gasteiger partial charge on any atom is 0.365 e. The molecule has 1 saturated heterocycles. The van der Waals surface area contributed by atoms with E-state index in [0.29, 0.717) is 0 Å². The van der Waals surface area contributed by atoms with E-state index < -0.39 is 60.5 Å². The molecule has 0 aromatic carbocycles. The van der Waals surface area contributed by atoms with E-state index in [4.69, 9.17) is 15.6 Å². The van der Waals surface area contributed by atoms with E-state index >= 15 is 0 Å². The molecule has 0 bridgehead atoms. The number of allylic oxidation sites excluding steroid dienone is 1. The van der Waals surface area contributed by atoms with Gasteiger partial charge in [-0.15, -0.1) is 0 Å². The molecule has 1 aliphatic heterocycles. The van der Waals surface area contributed by atoms with Crippen molar-refractivity contribution in [3.05, 3.63) is 12.2 Å². The van der Waals surface area contributed by atoms with Crippen molar-refractivity contribution in [3.8, 4) is 0 Å². The van der Waals surface area contributed by atoms with Gasteiger partial charge >= 0.3 is 5.97 Å². The second kappa shape index (κ2) is 7.01. The van der Waals surface area contributed by atoms with E-state index in [1.165, 1.54) is 6.92 Å². The number of carboxylic acid groups (broad SMARTS) is 1. The van der Waals surface area contributed by atoms with Crippen LogP contribution in [0.2, 0.25) is 0 Å². The molecule has 0 aromatic rings. The minimum atomic E-state index is -3.19. The number of hydrogen-bond acceptors (Lipinski definition) is 9. The summed E-state index contributed by atoms with van der Waals surface area (Å²) in [4.78, 5) is 23.4. The first-order valence-corrected chi connectivity index (χ1v) is 6.73. The van der Waals surface area contributed by atoms with Crippen LogP contribution in [0.1, 0.15) is 6.92 Å². The number of carbonyl (C=O) groups excluding carboxylic acids is 1. The Morgan fingerprint density at radius 1 is 1.39 bits per heavy atom. The van der Waals surface area contributed by atoms with Crippen molar-refractivity contribution in [1.29, 1.82) is 0 Å². The molecule has 0 aromatic heterocycles. The first kappa shape index (κ1) is 19.6. The third-order valence-corrected chi connectivity index (χ3v) is 3.78. The Balaban J connectivity index is 3.29. The number of aliphatic carboxylic acids is 1. The van der Waals surface area contributed by atoms with Gasteiger partial charge in [0.25, 0.3) is 5.79 Å². The molecule has 0 amide bonds. The van der Waals surface area contributed by atoms with E-state index in [0.717, 1.165) is 0 Å². The van der Waals surface area contributed by atoms with E-state index in [1.54, 1.807) is 0 Å². The second-order valence-corrected chi connectivity index (χ2v) is 5.51. The summed E-state index contributed by atoms with van der Waals surface area (Å²) in [6, 6.07) is -1.51. The molecule has 1 fully saturated rings. The normalized spacial score (nSPS) is 37.0. The van der Waals surface area contributed by atoms with Crippen LogP contribution in [0.25, 0.3) is 0 Å². The molecule has 0 aliphatic carbocycles. The van der Waals surface area contributed by atoms with Gasteiger partial charge in [0.05, 0.1) is 18.8 Å². The highest BCUT2D eigenvalue weighted by atomic mass is 16.7. The maximum atomic E-state index is 12.1. The van der Waals surface area contributed by atoms with Gasteiger partial charge in [0.1, 0.15) is 24.2 Å². The van der Waals surface area contributed by atoms with Crippen molar-refractivity contribution >= 4 is 11.8 Å². The zero-order valence-corrected chi connectivity index (χ0v) is 12.4. The summed E-state index contributed by atoms with van der Waals surface area (Å²) in [5, 5.41) is 57.7. The molecule has 23 heavy (non-hydrogen) atoms. The number of Topliss-reactive ketones (excluding diaryl/α,β-unsaturated/α-hetero) is 1. The lowest BCUT2D eigenvalue weighted by Crippen LogP contribution is -2.71. The Labute approximate surface area is 131 Å².